The van der Waals surface area contributed by atoms with Gasteiger partial charge in [0.25, 0.3) is 0 Å². The second-order valence-corrected chi connectivity index (χ2v) is 2.21. The summed E-state index contributed by atoms with van der Waals surface area (Å²) in [7, 11) is 0. The number of nitrogens with zero attached hydrogens (tertiary/aromatic N) is 1. The Hall–Kier alpha value is -1.30. The third kappa shape index (κ3) is 2.88. The van der Waals surface area contributed by atoms with Gasteiger partial charge in [-0.1, -0.05) is 6.07 Å². The summed E-state index contributed by atoms with van der Waals surface area (Å²) in [6.45, 7) is 0. The number of rotatable bonds is 1. The van der Waals surface area contributed by atoms with Gasteiger partial charge in [-0.25, -0.2) is 9.78 Å². The van der Waals surface area contributed by atoms with E-state index in [4.69, 9.17) is 5.11 Å². The normalized spacial score (nSPS) is 10.5. The Kier molecular flexibility index (Phi) is 3.88. The average Bonchev–Trinajstić information content (AvgIpc) is 2.03. The topological polar surface area (TPSA) is 50.2 Å². The van der Waals surface area contributed by atoms with E-state index in [1.807, 2.05) is 0 Å². The molecule has 78 valence electrons. The van der Waals surface area contributed by atoms with Gasteiger partial charge in [0.05, 0.1) is 0 Å². The van der Waals surface area contributed by atoms with Crippen LogP contribution in [0.25, 0.3) is 0 Å². The molecule has 1 rings (SSSR count). The van der Waals surface area contributed by atoms with Gasteiger partial charge in [-0.3, -0.25) is 0 Å². The molecule has 0 amide bonds. The second-order valence-electron chi connectivity index (χ2n) is 2.21. The lowest BCUT2D eigenvalue weighted by atomic mass is 10.3. The molecule has 3 nitrogen and oxygen atoms in total. The number of carbonyl (C=O) groups is 1. The molecule has 1 aromatic heterocycles. The van der Waals surface area contributed by atoms with Crippen molar-refractivity contribution in [1.82, 2.24) is 4.98 Å². The van der Waals surface area contributed by atoms with Gasteiger partial charge < -0.3 is 5.11 Å². The average molecular weight is 228 g/mol. The fourth-order valence-electron chi connectivity index (χ4n) is 0.712. The fourth-order valence-corrected chi connectivity index (χ4v) is 0.712. The molecule has 0 radical (unpaired) electrons. The number of alkyl halides is 3. The molecule has 14 heavy (non-hydrogen) atoms. The SMILES string of the molecule is Cl.O=C(O)c1cccc(C(F)(F)F)n1. The van der Waals surface area contributed by atoms with Gasteiger partial charge in [-0.05, 0) is 12.1 Å². The maximum Gasteiger partial charge on any atom is 0.433 e. The van der Waals surface area contributed by atoms with Crippen LogP contribution in [0.5, 0.6) is 0 Å². The Labute approximate surface area is 83.0 Å². The van der Waals surface area contributed by atoms with Crippen molar-refractivity contribution in [3.63, 3.8) is 0 Å². The molecule has 0 fully saturated rings. The van der Waals surface area contributed by atoms with Gasteiger partial charge in [0.2, 0.25) is 0 Å². The monoisotopic (exact) mass is 227 g/mol. The number of halogens is 4. The zero-order valence-corrected chi connectivity index (χ0v) is 7.39. The number of aromatic nitrogens is 1. The highest BCUT2D eigenvalue weighted by Crippen LogP contribution is 2.27. The van der Waals surface area contributed by atoms with Crippen molar-refractivity contribution >= 4 is 18.4 Å². The zero-order chi connectivity index (χ0) is 10.1. The minimum absolute atomic E-state index is 0. The van der Waals surface area contributed by atoms with Gasteiger partial charge in [0.1, 0.15) is 11.4 Å². The Morgan fingerprint density at radius 1 is 1.36 bits per heavy atom. The first kappa shape index (κ1) is 12.7. The van der Waals surface area contributed by atoms with E-state index < -0.39 is 23.5 Å². The Bertz CT molecular complexity index is 340. The van der Waals surface area contributed by atoms with Crippen LogP contribution in [-0.2, 0) is 6.18 Å². The highest BCUT2D eigenvalue weighted by Gasteiger charge is 2.32. The molecule has 0 spiro atoms. The van der Waals surface area contributed by atoms with E-state index in [-0.39, 0.29) is 12.4 Å². The number of carboxylic acids is 1. The van der Waals surface area contributed by atoms with E-state index >= 15 is 0 Å². The molecule has 0 unspecified atom stereocenters. The van der Waals surface area contributed by atoms with Crippen molar-refractivity contribution in [2.45, 2.75) is 6.18 Å². The number of carboxylic acid groups (broad SMARTS) is 1. The molecule has 1 aromatic rings. The van der Waals surface area contributed by atoms with E-state index in [9.17, 15) is 18.0 Å². The van der Waals surface area contributed by atoms with Crippen LogP contribution < -0.4 is 0 Å². The van der Waals surface area contributed by atoms with E-state index in [1.165, 1.54) is 0 Å². The summed E-state index contributed by atoms with van der Waals surface area (Å²) in [6, 6.07) is 2.71. The Morgan fingerprint density at radius 3 is 2.36 bits per heavy atom. The molecule has 0 aliphatic heterocycles. The Balaban J connectivity index is 0.00000169. The molecule has 0 aliphatic rings. The van der Waals surface area contributed by atoms with Crippen LogP contribution in [0.15, 0.2) is 18.2 Å². The van der Waals surface area contributed by atoms with Crippen molar-refractivity contribution < 1.29 is 23.1 Å². The van der Waals surface area contributed by atoms with Crippen LogP contribution in [0.2, 0.25) is 0 Å². The zero-order valence-electron chi connectivity index (χ0n) is 6.58. The van der Waals surface area contributed by atoms with Crippen LogP contribution in [0.3, 0.4) is 0 Å². The quantitative estimate of drug-likeness (QED) is 0.800. The van der Waals surface area contributed by atoms with Crippen molar-refractivity contribution in [3.8, 4) is 0 Å². The highest BCUT2D eigenvalue weighted by atomic mass is 35.5. The lowest BCUT2D eigenvalue weighted by Gasteiger charge is -2.04. The number of aromatic carboxylic acids is 1. The van der Waals surface area contributed by atoms with Crippen molar-refractivity contribution in [2.75, 3.05) is 0 Å². The fraction of sp³-hybridized carbons (Fsp3) is 0.143. The molecule has 0 saturated carbocycles. The van der Waals surface area contributed by atoms with Crippen LogP contribution in [0.4, 0.5) is 13.2 Å². The third-order valence-corrected chi connectivity index (χ3v) is 1.26. The van der Waals surface area contributed by atoms with Crippen molar-refractivity contribution in [2.24, 2.45) is 0 Å². The second kappa shape index (κ2) is 4.28. The van der Waals surface area contributed by atoms with E-state index in [1.54, 1.807) is 0 Å². The van der Waals surface area contributed by atoms with Gasteiger partial charge in [-0.2, -0.15) is 13.2 Å². The minimum atomic E-state index is -4.61. The summed E-state index contributed by atoms with van der Waals surface area (Å²) in [5.41, 5.74) is -1.82. The van der Waals surface area contributed by atoms with Crippen LogP contribution in [0.1, 0.15) is 16.2 Å². The first-order chi connectivity index (χ1) is 5.91. The van der Waals surface area contributed by atoms with Crippen LogP contribution >= 0.6 is 12.4 Å². The molecule has 0 aromatic carbocycles. The van der Waals surface area contributed by atoms with Crippen molar-refractivity contribution in [3.05, 3.63) is 29.6 Å². The maximum absolute atomic E-state index is 12.0. The molecule has 7 heteroatoms. The summed E-state index contributed by atoms with van der Waals surface area (Å²) in [5, 5.41) is 8.35. The standard InChI is InChI=1S/C7H4F3NO2.ClH/c8-7(9,10)5-3-1-2-4(11-5)6(12)13;/h1-3H,(H,12,13);1H. The predicted octanol–water partition coefficient (Wildman–Crippen LogP) is 2.22. The smallest absolute Gasteiger partial charge is 0.433 e. The molecule has 0 atom stereocenters. The van der Waals surface area contributed by atoms with Crippen LogP contribution in [-0.4, -0.2) is 16.1 Å². The molecule has 0 saturated heterocycles. The van der Waals surface area contributed by atoms with E-state index in [0.29, 0.717) is 6.07 Å². The Morgan fingerprint density at radius 2 is 1.93 bits per heavy atom. The summed E-state index contributed by atoms with van der Waals surface area (Å²) < 4.78 is 35.9. The largest absolute Gasteiger partial charge is 0.477 e. The van der Waals surface area contributed by atoms with Gasteiger partial charge in [-0.15, -0.1) is 12.4 Å². The first-order valence-electron chi connectivity index (χ1n) is 3.19. The summed E-state index contributed by atoms with van der Waals surface area (Å²) in [5.74, 6) is -1.48. The lowest BCUT2D eigenvalue weighted by molar-refractivity contribution is -0.141. The predicted molar refractivity (Wildman–Crippen MR) is 43.4 cm³/mol. The van der Waals surface area contributed by atoms with Gasteiger partial charge in [0.15, 0.2) is 0 Å². The minimum Gasteiger partial charge on any atom is -0.477 e. The van der Waals surface area contributed by atoms with Crippen LogP contribution in [0, 0.1) is 0 Å². The number of pyridine rings is 1. The molecule has 1 N–H and O–H groups in total. The molecule has 0 bridgehead atoms. The summed E-state index contributed by atoms with van der Waals surface area (Å²) in [4.78, 5) is 13.2. The van der Waals surface area contributed by atoms with E-state index in [0.717, 1.165) is 12.1 Å². The molecule has 1 heterocycles. The summed E-state index contributed by atoms with van der Waals surface area (Å²) >= 11 is 0. The van der Waals surface area contributed by atoms with Gasteiger partial charge in [0, 0.05) is 0 Å². The molecular formula is C7H5ClF3NO2. The number of hydrogen-bond donors (Lipinski definition) is 1. The van der Waals surface area contributed by atoms with E-state index in [2.05, 4.69) is 4.98 Å². The lowest BCUT2D eigenvalue weighted by Crippen LogP contribution is -2.11. The van der Waals surface area contributed by atoms with Crippen molar-refractivity contribution in [1.29, 1.82) is 0 Å². The summed E-state index contributed by atoms with van der Waals surface area (Å²) in [6.07, 6.45) is -4.61. The van der Waals surface area contributed by atoms with Gasteiger partial charge >= 0.3 is 12.1 Å². The number of hydrogen-bond acceptors (Lipinski definition) is 2. The molecule has 0 aliphatic carbocycles. The third-order valence-electron chi connectivity index (χ3n) is 1.26. The molecular weight excluding hydrogens is 223 g/mol. The maximum atomic E-state index is 12.0. The highest BCUT2D eigenvalue weighted by molar-refractivity contribution is 5.85. The first-order valence-corrected chi connectivity index (χ1v) is 3.19.